The van der Waals surface area contributed by atoms with Gasteiger partial charge in [0.2, 0.25) is 0 Å². The number of hydrogen-bond donors (Lipinski definition) is 0. The molecule has 1 amide bonds. The van der Waals surface area contributed by atoms with Crippen molar-refractivity contribution in [3.63, 3.8) is 0 Å². The zero-order chi connectivity index (χ0) is 27.3. The van der Waals surface area contributed by atoms with Crippen molar-refractivity contribution in [2.24, 2.45) is 0 Å². The van der Waals surface area contributed by atoms with E-state index in [1.165, 1.54) is 33.0 Å². The molecule has 3 heteroatoms. The Morgan fingerprint density at radius 3 is 1.56 bits per heavy atom. The van der Waals surface area contributed by atoms with Crippen molar-refractivity contribution in [3.05, 3.63) is 157 Å². The van der Waals surface area contributed by atoms with Crippen LogP contribution in [0.3, 0.4) is 0 Å². The summed E-state index contributed by atoms with van der Waals surface area (Å²) in [6.07, 6.45) is 0. The van der Waals surface area contributed by atoms with Crippen LogP contribution in [0.25, 0.3) is 49.7 Å². The minimum atomic E-state index is 0.0477. The Labute approximate surface area is 238 Å². The second-order valence-electron chi connectivity index (χ2n) is 10.6. The summed E-state index contributed by atoms with van der Waals surface area (Å²) in [4.78, 5) is 15.4. The molecule has 7 aromatic rings. The van der Waals surface area contributed by atoms with Crippen LogP contribution < -0.4 is 4.90 Å². The van der Waals surface area contributed by atoms with Gasteiger partial charge in [0.25, 0.3) is 5.91 Å². The molecule has 0 saturated carbocycles. The SMILES string of the molecule is O=C1c2cc(-n3c4ccc(-c5ccccc5)cc4c4cc(-c5ccccc5)ccc43)ccc2CN1c1ccccc1. The average Bonchev–Trinajstić information content (AvgIpc) is 3.55. The third-order valence-corrected chi connectivity index (χ3v) is 8.20. The van der Waals surface area contributed by atoms with E-state index in [1.54, 1.807) is 0 Å². The van der Waals surface area contributed by atoms with Crippen LogP contribution in [-0.2, 0) is 6.54 Å². The number of benzene rings is 6. The fourth-order valence-electron chi connectivity index (χ4n) is 6.17. The van der Waals surface area contributed by atoms with Crippen LogP contribution in [0.1, 0.15) is 15.9 Å². The Morgan fingerprint density at radius 2 is 1.00 bits per heavy atom. The Morgan fingerprint density at radius 1 is 0.463 bits per heavy atom. The van der Waals surface area contributed by atoms with Crippen molar-refractivity contribution in [2.45, 2.75) is 6.54 Å². The predicted octanol–water partition coefficient (Wildman–Crippen LogP) is 9.28. The lowest BCUT2D eigenvalue weighted by Crippen LogP contribution is -2.22. The van der Waals surface area contributed by atoms with Crippen LogP contribution in [0.2, 0.25) is 0 Å². The number of carbonyl (C=O) groups excluding carboxylic acids is 1. The zero-order valence-electron chi connectivity index (χ0n) is 22.4. The first kappa shape index (κ1) is 23.5. The summed E-state index contributed by atoms with van der Waals surface area (Å²) in [6, 6.07) is 50.7. The summed E-state index contributed by atoms with van der Waals surface area (Å²) in [6.45, 7) is 0.590. The van der Waals surface area contributed by atoms with Gasteiger partial charge >= 0.3 is 0 Å². The molecule has 0 radical (unpaired) electrons. The topological polar surface area (TPSA) is 25.2 Å². The second kappa shape index (κ2) is 9.35. The van der Waals surface area contributed by atoms with Crippen LogP contribution in [0.15, 0.2) is 146 Å². The van der Waals surface area contributed by atoms with Crippen molar-refractivity contribution >= 4 is 33.4 Å². The summed E-state index contributed by atoms with van der Waals surface area (Å²) >= 11 is 0. The fourth-order valence-corrected chi connectivity index (χ4v) is 6.17. The maximum absolute atomic E-state index is 13.6. The fraction of sp³-hybridized carbons (Fsp3) is 0.0263. The first-order valence-corrected chi connectivity index (χ1v) is 13.9. The molecule has 0 saturated heterocycles. The molecular formula is C38H26N2O. The molecule has 0 unspecified atom stereocenters. The van der Waals surface area contributed by atoms with E-state index in [0.29, 0.717) is 6.54 Å². The maximum atomic E-state index is 13.6. The molecule has 1 aromatic heterocycles. The number of hydrogen-bond acceptors (Lipinski definition) is 1. The van der Waals surface area contributed by atoms with Gasteiger partial charge in [-0.25, -0.2) is 0 Å². The Kier molecular flexibility index (Phi) is 5.36. The molecule has 0 atom stereocenters. The van der Waals surface area contributed by atoms with Gasteiger partial charge in [-0.1, -0.05) is 97.1 Å². The summed E-state index contributed by atoms with van der Waals surface area (Å²) in [5.74, 6) is 0.0477. The molecule has 1 aliphatic heterocycles. The molecule has 2 heterocycles. The largest absolute Gasteiger partial charge is 0.309 e. The number of para-hydroxylation sites is 1. The summed E-state index contributed by atoms with van der Waals surface area (Å²) in [5.41, 5.74) is 10.7. The number of aromatic nitrogens is 1. The van der Waals surface area contributed by atoms with Crippen molar-refractivity contribution in [1.82, 2.24) is 4.57 Å². The van der Waals surface area contributed by atoms with Crippen molar-refractivity contribution in [2.75, 3.05) is 4.90 Å². The molecule has 0 spiro atoms. The number of carbonyl (C=O) groups is 1. The highest BCUT2D eigenvalue weighted by atomic mass is 16.2. The third kappa shape index (κ3) is 3.86. The molecule has 0 fully saturated rings. The minimum absolute atomic E-state index is 0.0477. The molecule has 194 valence electrons. The average molecular weight is 527 g/mol. The van der Waals surface area contributed by atoms with E-state index in [9.17, 15) is 4.79 Å². The van der Waals surface area contributed by atoms with Gasteiger partial charge < -0.3 is 9.47 Å². The number of fused-ring (bicyclic) bond motifs is 4. The number of anilines is 1. The molecule has 8 rings (SSSR count). The van der Waals surface area contributed by atoms with Gasteiger partial charge in [-0.05, 0) is 76.3 Å². The lowest BCUT2D eigenvalue weighted by molar-refractivity contribution is 0.0996. The van der Waals surface area contributed by atoms with E-state index in [4.69, 9.17) is 0 Å². The number of rotatable bonds is 4. The third-order valence-electron chi connectivity index (χ3n) is 8.20. The highest BCUT2D eigenvalue weighted by molar-refractivity contribution is 6.13. The summed E-state index contributed by atoms with van der Waals surface area (Å²) in [5, 5.41) is 2.38. The van der Waals surface area contributed by atoms with Crippen LogP contribution >= 0.6 is 0 Å². The lowest BCUT2D eigenvalue weighted by Gasteiger charge is -2.15. The van der Waals surface area contributed by atoms with Gasteiger partial charge in [-0.3, -0.25) is 4.79 Å². The smallest absolute Gasteiger partial charge is 0.259 e. The van der Waals surface area contributed by atoms with Gasteiger partial charge in [0.15, 0.2) is 0 Å². The normalized spacial score (nSPS) is 12.8. The highest BCUT2D eigenvalue weighted by Gasteiger charge is 2.29. The molecule has 3 nitrogen and oxygen atoms in total. The molecular weight excluding hydrogens is 500 g/mol. The first-order chi connectivity index (χ1) is 20.2. The van der Waals surface area contributed by atoms with Crippen LogP contribution in [0.5, 0.6) is 0 Å². The number of amides is 1. The number of nitrogens with zero attached hydrogens (tertiary/aromatic N) is 2. The quantitative estimate of drug-likeness (QED) is 0.224. The van der Waals surface area contributed by atoms with Gasteiger partial charge in [-0.15, -0.1) is 0 Å². The van der Waals surface area contributed by atoms with E-state index >= 15 is 0 Å². The van der Waals surface area contributed by atoms with E-state index in [0.717, 1.165) is 33.5 Å². The molecule has 0 N–H and O–H groups in total. The zero-order valence-corrected chi connectivity index (χ0v) is 22.4. The first-order valence-electron chi connectivity index (χ1n) is 13.9. The molecule has 0 aliphatic carbocycles. The van der Waals surface area contributed by atoms with Crippen molar-refractivity contribution in [3.8, 4) is 27.9 Å². The van der Waals surface area contributed by atoms with Gasteiger partial charge in [0.05, 0.1) is 17.6 Å². The maximum Gasteiger partial charge on any atom is 0.259 e. The predicted molar refractivity (Wildman–Crippen MR) is 169 cm³/mol. The summed E-state index contributed by atoms with van der Waals surface area (Å²) < 4.78 is 2.30. The van der Waals surface area contributed by atoms with E-state index in [1.807, 2.05) is 47.4 Å². The Balaban J connectivity index is 1.32. The highest BCUT2D eigenvalue weighted by Crippen LogP contribution is 2.38. The molecule has 41 heavy (non-hydrogen) atoms. The van der Waals surface area contributed by atoms with Gasteiger partial charge in [-0.2, -0.15) is 0 Å². The van der Waals surface area contributed by atoms with Crippen molar-refractivity contribution < 1.29 is 4.79 Å². The molecule has 1 aliphatic rings. The van der Waals surface area contributed by atoms with Crippen LogP contribution in [-0.4, -0.2) is 10.5 Å². The van der Waals surface area contributed by atoms with Crippen LogP contribution in [0.4, 0.5) is 5.69 Å². The van der Waals surface area contributed by atoms with E-state index in [-0.39, 0.29) is 5.91 Å². The van der Waals surface area contributed by atoms with Crippen molar-refractivity contribution in [1.29, 1.82) is 0 Å². The summed E-state index contributed by atoms with van der Waals surface area (Å²) in [7, 11) is 0. The van der Waals surface area contributed by atoms with E-state index in [2.05, 4.69) is 108 Å². The second-order valence-corrected chi connectivity index (χ2v) is 10.6. The minimum Gasteiger partial charge on any atom is -0.309 e. The standard InChI is InChI=1S/C38H26N2O/c41-38-33-24-32(19-16-30(33)25-39(38)31-14-8-3-9-15-31)40-36-20-17-28(26-10-4-1-5-11-26)22-34(36)35-23-29(18-21-37(35)40)27-12-6-2-7-13-27/h1-24H,25H2. The van der Waals surface area contributed by atoms with Gasteiger partial charge in [0.1, 0.15) is 0 Å². The van der Waals surface area contributed by atoms with Gasteiger partial charge in [0, 0.05) is 27.7 Å². The monoisotopic (exact) mass is 526 g/mol. The van der Waals surface area contributed by atoms with Crippen LogP contribution in [0, 0.1) is 0 Å². The lowest BCUT2D eigenvalue weighted by atomic mass is 10.0. The van der Waals surface area contributed by atoms with E-state index < -0.39 is 0 Å². The molecule has 0 bridgehead atoms. The Bertz CT molecular complexity index is 1980. The Hall–Kier alpha value is -5.41. The molecule has 6 aromatic carbocycles.